The second-order valence-corrected chi connectivity index (χ2v) is 5.14. The van der Waals surface area contributed by atoms with Crippen LogP contribution in [0.15, 0.2) is 12.1 Å². The van der Waals surface area contributed by atoms with Crippen molar-refractivity contribution >= 4 is 62.8 Å². The van der Waals surface area contributed by atoms with E-state index in [1.165, 1.54) is 0 Å². The second-order valence-electron chi connectivity index (χ2n) is 2.44. The maximum absolute atomic E-state index is 11.5. The summed E-state index contributed by atoms with van der Waals surface area (Å²) in [5.41, 5.74) is 0.459. The fourth-order valence-corrected chi connectivity index (χ4v) is 2.44. The third-order valence-electron chi connectivity index (χ3n) is 1.52. The van der Waals surface area contributed by atoms with E-state index in [-0.39, 0.29) is 5.97 Å². The van der Waals surface area contributed by atoms with Gasteiger partial charge in [0.25, 0.3) is 0 Å². The average Bonchev–Trinajstić information content (AvgIpc) is 2.13. The van der Waals surface area contributed by atoms with Crippen molar-refractivity contribution in [2.24, 2.45) is 0 Å². The zero-order valence-corrected chi connectivity index (χ0v) is 12.4. The van der Waals surface area contributed by atoms with Gasteiger partial charge in [-0.15, -0.1) is 0 Å². The Kier molecular flexibility index (Phi) is 4.92. The van der Waals surface area contributed by atoms with Crippen LogP contribution in [-0.2, 0) is 4.74 Å². The molecule has 0 heterocycles. The van der Waals surface area contributed by atoms with Gasteiger partial charge in [0, 0.05) is 7.14 Å². The Morgan fingerprint density at radius 3 is 2.57 bits per heavy atom. The fourth-order valence-electron chi connectivity index (χ4n) is 0.917. The predicted molar refractivity (Wildman–Crippen MR) is 72.8 cm³/mol. The van der Waals surface area contributed by atoms with Crippen molar-refractivity contribution in [2.45, 2.75) is 6.92 Å². The molecule has 0 aliphatic heterocycles. The molecule has 2 nitrogen and oxygen atoms in total. The van der Waals surface area contributed by atoms with Gasteiger partial charge >= 0.3 is 5.97 Å². The largest absolute Gasteiger partial charge is 0.462 e. The zero-order valence-electron chi connectivity index (χ0n) is 7.31. The Bertz CT molecular complexity index is 366. The number of carbonyl (C=O) groups excluding carboxylic acids is 1. The van der Waals surface area contributed by atoms with Crippen LogP contribution in [0.2, 0.25) is 5.02 Å². The van der Waals surface area contributed by atoms with Crippen molar-refractivity contribution in [1.82, 2.24) is 0 Å². The molecule has 1 rings (SSSR count). The lowest BCUT2D eigenvalue weighted by Gasteiger charge is -2.07. The third kappa shape index (κ3) is 2.73. The SMILES string of the molecule is CCOC(=O)c1c(I)ccc(I)c1Cl. The first-order valence-corrected chi connectivity index (χ1v) is 6.42. The Morgan fingerprint density at radius 2 is 2.00 bits per heavy atom. The maximum atomic E-state index is 11.5. The van der Waals surface area contributed by atoms with Gasteiger partial charge in [0.1, 0.15) is 0 Å². The molecule has 0 N–H and O–H groups in total. The molecule has 0 saturated heterocycles. The summed E-state index contributed by atoms with van der Waals surface area (Å²) in [4.78, 5) is 11.5. The summed E-state index contributed by atoms with van der Waals surface area (Å²) in [6.07, 6.45) is 0. The number of esters is 1. The first-order chi connectivity index (χ1) is 6.57. The van der Waals surface area contributed by atoms with Crippen LogP contribution in [-0.4, -0.2) is 12.6 Å². The summed E-state index contributed by atoms with van der Waals surface area (Å²) < 4.78 is 6.58. The van der Waals surface area contributed by atoms with Gasteiger partial charge in [0.05, 0.1) is 17.2 Å². The first kappa shape index (κ1) is 12.5. The number of carbonyl (C=O) groups is 1. The van der Waals surface area contributed by atoms with Crippen LogP contribution in [0.1, 0.15) is 17.3 Å². The lowest BCUT2D eigenvalue weighted by molar-refractivity contribution is 0.0525. The molecule has 5 heteroatoms. The molecular formula is C9H7ClI2O2. The highest BCUT2D eigenvalue weighted by Gasteiger charge is 2.17. The van der Waals surface area contributed by atoms with E-state index in [1.807, 2.05) is 12.1 Å². The predicted octanol–water partition coefficient (Wildman–Crippen LogP) is 3.73. The van der Waals surface area contributed by atoms with E-state index in [2.05, 4.69) is 45.2 Å². The summed E-state index contributed by atoms with van der Waals surface area (Å²) >= 11 is 10.2. The van der Waals surface area contributed by atoms with Crippen LogP contribution in [0.5, 0.6) is 0 Å². The van der Waals surface area contributed by atoms with Gasteiger partial charge in [-0.2, -0.15) is 0 Å². The standard InChI is InChI=1S/C9H7ClI2O2/c1-2-14-9(13)7-5(11)3-4-6(12)8(7)10/h3-4H,2H2,1H3. The van der Waals surface area contributed by atoms with E-state index in [1.54, 1.807) is 6.92 Å². The van der Waals surface area contributed by atoms with E-state index >= 15 is 0 Å². The van der Waals surface area contributed by atoms with Crippen LogP contribution in [0, 0.1) is 7.14 Å². The van der Waals surface area contributed by atoms with Crippen molar-refractivity contribution < 1.29 is 9.53 Å². The molecule has 0 aliphatic carbocycles. The molecule has 0 radical (unpaired) electrons. The molecule has 0 saturated carbocycles. The minimum absolute atomic E-state index is 0.358. The summed E-state index contributed by atoms with van der Waals surface area (Å²) in [5, 5.41) is 0.468. The molecule has 0 atom stereocenters. The number of hydrogen-bond donors (Lipinski definition) is 0. The molecule has 0 aromatic heterocycles. The van der Waals surface area contributed by atoms with Gasteiger partial charge in [0.15, 0.2) is 0 Å². The summed E-state index contributed by atoms with van der Waals surface area (Å²) in [6, 6.07) is 3.72. The maximum Gasteiger partial charge on any atom is 0.340 e. The highest BCUT2D eigenvalue weighted by molar-refractivity contribution is 14.1. The molecule has 1 aromatic carbocycles. The van der Waals surface area contributed by atoms with Crippen LogP contribution in [0.4, 0.5) is 0 Å². The lowest BCUT2D eigenvalue weighted by Crippen LogP contribution is -2.08. The number of rotatable bonds is 2. The van der Waals surface area contributed by atoms with E-state index in [0.29, 0.717) is 17.2 Å². The minimum Gasteiger partial charge on any atom is -0.462 e. The van der Waals surface area contributed by atoms with Crippen LogP contribution < -0.4 is 0 Å². The van der Waals surface area contributed by atoms with Crippen molar-refractivity contribution in [2.75, 3.05) is 6.61 Å². The van der Waals surface area contributed by atoms with Crippen LogP contribution in [0.3, 0.4) is 0 Å². The van der Waals surface area contributed by atoms with Gasteiger partial charge in [-0.3, -0.25) is 0 Å². The second kappa shape index (κ2) is 5.50. The van der Waals surface area contributed by atoms with E-state index in [9.17, 15) is 4.79 Å². The monoisotopic (exact) mass is 436 g/mol. The molecule has 0 bridgehead atoms. The Morgan fingerprint density at radius 1 is 1.43 bits per heavy atom. The summed E-state index contributed by atoms with van der Waals surface area (Å²) in [5.74, 6) is -0.361. The average molecular weight is 436 g/mol. The molecule has 0 unspecified atom stereocenters. The van der Waals surface area contributed by atoms with Crippen molar-refractivity contribution in [3.63, 3.8) is 0 Å². The molecule has 1 aromatic rings. The third-order valence-corrected chi connectivity index (χ3v) is 4.03. The Hall–Kier alpha value is 0.440. The lowest BCUT2D eigenvalue weighted by atomic mass is 10.2. The summed E-state index contributed by atoms with van der Waals surface area (Å²) in [7, 11) is 0. The molecule has 0 fully saturated rings. The Balaban J connectivity index is 3.18. The van der Waals surface area contributed by atoms with Crippen molar-refractivity contribution in [3.05, 3.63) is 29.9 Å². The molecule has 76 valence electrons. The molecule has 0 spiro atoms. The zero-order chi connectivity index (χ0) is 10.7. The van der Waals surface area contributed by atoms with E-state index in [0.717, 1.165) is 7.14 Å². The van der Waals surface area contributed by atoms with Gasteiger partial charge in [0.2, 0.25) is 0 Å². The number of ether oxygens (including phenoxy) is 1. The number of benzene rings is 1. The fraction of sp³-hybridized carbons (Fsp3) is 0.222. The van der Waals surface area contributed by atoms with Crippen LogP contribution in [0.25, 0.3) is 0 Å². The highest BCUT2D eigenvalue weighted by Crippen LogP contribution is 2.27. The number of halogens is 3. The molecule has 0 amide bonds. The van der Waals surface area contributed by atoms with Gasteiger partial charge in [-0.05, 0) is 64.2 Å². The van der Waals surface area contributed by atoms with Gasteiger partial charge in [-0.1, -0.05) is 11.6 Å². The highest BCUT2D eigenvalue weighted by atomic mass is 127. The van der Waals surface area contributed by atoms with E-state index < -0.39 is 0 Å². The summed E-state index contributed by atoms with van der Waals surface area (Å²) in [6.45, 7) is 2.13. The number of hydrogen-bond acceptors (Lipinski definition) is 2. The molecule has 0 aliphatic rings. The van der Waals surface area contributed by atoms with Gasteiger partial charge < -0.3 is 4.74 Å². The molecule has 14 heavy (non-hydrogen) atoms. The topological polar surface area (TPSA) is 26.3 Å². The van der Waals surface area contributed by atoms with E-state index in [4.69, 9.17) is 16.3 Å². The quantitative estimate of drug-likeness (QED) is 0.401. The minimum atomic E-state index is -0.361. The molecular weight excluding hydrogens is 429 g/mol. The van der Waals surface area contributed by atoms with Crippen molar-refractivity contribution in [3.8, 4) is 0 Å². The normalized spacial score (nSPS) is 10.0. The van der Waals surface area contributed by atoms with Crippen LogP contribution >= 0.6 is 56.8 Å². The van der Waals surface area contributed by atoms with Gasteiger partial charge in [-0.25, -0.2) is 4.79 Å². The smallest absolute Gasteiger partial charge is 0.340 e. The first-order valence-electron chi connectivity index (χ1n) is 3.88. The van der Waals surface area contributed by atoms with Crippen molar-refractivity contribution in [1.29, 1.82) is 0 Å². The Labute approximate surface area is 115 Å².